The number of sulfonamides is 1. The third-order valence-corrected chi connectivity index (χ3v) is 6.36. The van der Waals surface area contributed by atoms with Crippen molar-refractivity contribution in [3.63, 3.8) is 0 Å². The second-order valence-corrected chi connectivity index (χ2v) is 8.53. The minimum atomic E-state index is -3.25. The lowest BCUT2D eigenvalue weighted by molar-refractivity contribution is 0.287. The van der Waals surface area contributed by atoms with Gasteiger partial charge in [0.15, 0.2) is 5.82 Å². The number of hydrogen-bond acceptors (Lipinski definition) is 4. The molecule has 2 fully saturated rings. The van der Waals surface area contributed by atoms with Crippen LogP contribution in [0.5, 0.6) is 0 Å². The molecule has 6 nitrogen and oxygen atoms in total. The van der Waals surface area contributed by atoms with Crippen LogP contribution in [0.4, 0.5) is 10.1 Å². The number of hydrogen-bond donors (Lipinski definition) is 1. The lowest BCUT2D eigenvalue weighted by Crippen LogP contribution is -2.55. The lowest BCUT2D eigenvalue weighted by atomic mass is 10.1. The maximum absolute atomic E-state index is 14.6. The number of fused-ring (bicyclic) bond motifs is 3. The molecule has 2 saturated heterocycles. The quantitative estimate of drug-likeness (QED) is 0.891. The molecule has 9 heteroatoms. The molecule has 1 N–H and O–H groups in total. The summed E-state index contributed by atoms with van der Waals surface area (Å²) in [6.07, 6.45) is 4.43. The van der Waals surface area contributed by atoms with Crippen molar-refractivity contribution in [3.05, 3.63) is 23.1 Å². The summed E-state index contributed by atoms with van der Waals surface area (Å²) in [6, 6.07) is 1.29. The Morgan fingerprint density at radius 3 is 2.61 bits per heavy atom. The fourth-order valence-corrected chi connectivity index (χ4v) is 5.54. The molecule has 23 heavy (non-hydrogen) atoms. The van der Waals surface area contributed by atoms with Crippen molar-refractivity contribution in [1.29, 1.82) is 0 Å². The van der Waals surface area contributed by atoms with Crippen LogP contribution in [0.15, 0.2) is 12.3 Å². The molecule has 2 aromatic rings. The van der Waals surface area contributed by atoms with Crippen LogP contribution in [0, 0.1) is 5.82 Å². The lowest BCUT2D eigenvalue weighted by Gasteiger charge is -2.40. The van der Waals surface area contributed by atoms with Gasteiger partial charge in [-0.1, -0.05) is 11.6 Å². The largest absolute Gasteiger partial charge is 0.364 e. The Morgan fingerprint density at radius 2 is 2.00 bits per heavy atom. The Labute approximate surface area is 138 Å². The molecule has 0 aliphatic carbocycles. The molecular weight excluding hydrogens is 343 g/mol. The second kappa shape index (κ2) is 5.06. The minimum Gasteiger partial charge on any atom is -0.364 e. The molecule has 0 amide bonds. The summed E-state index contributed by atoms with van der Waals surface area (Å²) in [5, 5.41) is 7.57. The van der Waals surface area contributed by atoms with Crippen LogP contribution in [-0.4, -0.2) is 54.3 Å². The van der Waals surface area contributed by atoms with Crippen LogP contribution in [0.3, 0.4) is 0 Å². The fraction of sp³-hybridized carbons (Fsp3) is 0.500. The first-order valence-corrected chi connectivity index (χ1v) is 9.63. The van der Waals surface area contributed by atoms with Gasteiger partial charge in [0.1, 0.15) is 5.69 Å². The fourth-order valence-electron chi connectivity index (χ4n) is 3.90. The number of halogens is 2. The molecule has 3 heterocycles. The summed E-state index contributed by atoms with van der Waals surface area (Å²) in [6.45, 7) is 0.907. The number of H-pyrrole nitrogens is 1. The molecule has 2 aliphatic rings. The maximum atomic E-state index is 14.6. The standard InChI is InChI=1S/C14H16ClFN4O2S/c1-23(21,22)20-9-2-3-10(20)7-19(6-9)14-12(16)11(15)4-8-5-17-18-13(8)14/h4-5,9-10H,2-3,6-7H2,1H3,(H,17,18). The average Bonchev–Trinajstić information content (AvgIpc) is 3.02. The van der Waals surface area contributed by atoms with Gasteiger partial charge in [-0.15, -0.1) is 0 Å². The normalized spacial score (nSPS) is 25.4. The smallest absolute Gasteiger partial charge is 0.211 e. The first-order valence-electron chi connectivity index (χ1n) is 7.41. The highest BCUT2D eigenvalue weighted by Gasteiger charge is 2.45. The highest BCUT2D eigenvalue weighted by Crippen LogP contribution is 2.39. The summed E-state index contributed by atoms with van der Waals surface area (Å²) in [5.41, 5.74) is 0.981. The van der Waals surface area contributed by atoms with E-state index >= 15 is 0 Å². The van der Waals surface area contributed by atoms with Crippen molar-refractivity contribution < 1.29 is 12.8 Å². The molecular formula is C14H16ClFN4O2S. The molecule has 0 spiro atoms. The van der Waals surface area contributed by atoms with Crippen LogP contribution >= 0.6 is 11.6 Å². The summed E-state index contributed by atoms with van der Waals surface area (Å²) in [4.78, 5) is 1.89. The third-order valence-electron chi connectivity index (χ3n) is 4.72. The molecule has 4 rings (SSSR count). The molecule has 124 valence electrons. The molecule has 1 aromatic heterocycles. The average molecular weight is 359 g/mol. The molecule has 2 unspecified atom stereocenters. The van der Waals surface area contributed by atoms with Crippen molar-refractivity contribution in [2.75, 3.05) is 24.2 Å². The van der Waals surface area contributed by atoms with E-state index in [4.69, 9.17) is 11.6 Å². The van der Waals surface area contributed by atoms with E-state index < -0.39 is 15.8 Å². The molecule has 2 atom stereocenters. The SMILES string of the molecule is CS(=O)(=O)N1C2CCC1CN(c1c(F)c(Cl)cc3cn[nH]c13)C2. The monoisotopic (exact) mass is 358 g/mol. The highest BCUT2D eigenvalue weighted by molar-refractivity contribution is 7.88. The number of nitrogens with one attached hydrogen (secondary N) is 1. The van der Waals surface area contributed by atoms with E-state index in [-0.39, 0.29) is 17.1 Å². The number of anilines is 1. The number of aromatic nitrogens is 2. The summed E-state index contributed by atoms with van der Waals surface area (Å²) < 4.78 is 40.2. The van der Waals surface area contributed by atoms with Crippen LogP contribution in [0.2, 0.25) is 5.02 Å². The number of nitrogens with zero attached hydrogens (tertiary/aromatic N) is 3. The van der Waals surface area contributed by atoms with Crippen LogP contribution in [-0.2, 0) is 10.0 Å². The van der Waals surface area contributed by atoms with Gasteiger partial charge in [-0.3, -0.25) is 5.10 Å². The van der Waals surface area contributed by atoms with Crippen LogP contribution in [0.25, 0.3) is 10.9 Å². The van der Waals surface area contributed by atoms with E-state index in [2.05, 4.69) is 10.2 Å². The van der Waals surface area contributed by atoms with Crippen molar-refractivity contribution in [1.82, 2.24) is 14.5 Å². The predicted molar refractivity (Wildman–Crippen MR) is 86.8 cm³/mol. The predicted octanol–water partition coefficient (Wildman–Crippen LogP) is 1.97. The Hall–Kier alpha value is -1.38. The molecule has 1 aromatic carbocycles. The zero-order valence-electron chi connectivity index (χ0n) is 12.5. The van der Waals surface area contributed by atoms with Gasteiger partial charge in [0.05, 0.1) is 23.0 Å². The Balaban J connectivity index is 1.77. The summed E-state index contributed by atoms with van der Waals surface area (Å²) >= 11 is 6.01. The van der Waals surface area contributed by atoms with Crippen LogP contribution < -0.4 is 4.90 Å². The van der Waals surface area contributed by atoms with E-state index in [1.807, 2.05) is 4.90 Å². The Bertz CT molecular complexity index is 870. The maximum Gasteiger partial charge on any atom is 0.211 e. The van der Waals surface area contributed by atoms with E-state index in [9.17, 15) is 12.8 Å². The first kappa shape index (κ1) is 15.2. The molecule has 2 aliphatic heterocycles. The van der Waals surface area contributed by atoms with E-state index in [0.29, 0.717) is 24.3 Å². The molecule has 0 saturated carbocycles. The zero-order valence-corrected chi connectivity index (χ0v) is 14.0. The summed E-state index contributed by atoms with van der Waals surface area (Å²) in [5.74, 6) is -0.490. The van der Waals surface area contributed by atoms with Gasteiger partial charge < -0.3 is 4.90 Å². The zero-order chi connectivity index (χ0) is 16.4. The van der Waals surface area contributed by atoms with E-state index in [0.717, 1.165) is 18.2 Å². The summed E-state index contributed by atoms with van der Waals surface area (Å²) in [7, 11) is -3.25. The highest BCUT2D eigenvalue weighted by atomic mass is 35.5. The third kappa shape index (κ3) is 2.31. The van der Waals surface area contributed by atoms with Crippen molar-refractivity contribution in [2.24, 2.45) is 0 Å². The van der Waals surface area contributed by atoms with Gasteiger partial charge in [0.2, 0.25) is 10.0 Å². The van der Waals surface area contributed by atoms with Crippen molar-refractivity contribution in [2.45, 2.75) is 24.9 Å². The van der Waals surface area contributed by atoms with Gasteiger partial charge in [-0.25, -0.2) is 12.8 Å². The first-order chi connectivity index (χ1) is 10.9. The van der Waals surface area contributed by atoms with E-state index in [1.54, 1.807) is 16.6 Å². The van der Waals surface area contributed by atoms with E-state index in [1.165, 1.54) is 6.26 Å². The Morgan fingerprint density at radius 1 is 1.35 bits per heavy atom. The van der Waals surface area contributed by atoms with Gasteiger partial charge in [0.25, 0.3) is 0 Å². The number of rotatable bonds is 2. The van der Waals surface area contributed by atoms with Crippen LogP contribution in [0.1, 0.15) is 12.8 Å². The topological polar surface area (TPSA) is 69.3 Å². The Kier molecular flexibility index (Phi) is 3.33. The number of aromatic amines is 1. The minimum absolute atomic E-state index is 0.0480. The van der Waals surface area contributed by atoms with Gasteiger partial charge in [0, 0.05) is 30.6 Å². The number of benzene rings is 1. The van der Waals surface area contributed by atoms with Gasteiger partial charge >= 0.3 is 0 Å². The van der Waals surface area contributed by atoms with Gasteiger partial charge in [-0.05, 0) is 18.9 Å². The van der Waals surface area contributed by atoms with Crippen molar-refractivity contribution in [3.8, 4) is 0 Å². The number of piperazine rings is 1. The van der Waals surface area contributed by atoms with Crippen molar-refractivity contribution >= 4 is 38.2 Å². The molecule has 2 bridgehead atoms. The van der Waals surface area contributed by atoms with Gasteiger partial charge in [-0.2, -0.15) is 9.40 Å². The molecule has 0 radical (unpaired) electrons. The second-order valence-electron chi connectivity index (χ2n) is 6.24.